The SMILES string of the molecule is O=C(NC1CCN(C(=O)c2ccnc(C3CC3)n2)CC1)c1ccsc1. The van der Waals surface area contributed by atoms with E-state index in [4.69, 9.17) is 0 Å². The smallest absolute Gasteiger partial charge is 0.272 e. The summed E-state index contributed by atoms with van der Waals surface area (Å²) in [6.07, 6.45) is 5.45. The number of piperidine rings is 1. The molecule has 0 unspecified atom stereocenters. The Labute approximate surface area is 150 Å². The van der Waals surface area contributed by atoms with Gasteiger partial charge in [0.1, 0.15) is 11.5 Å². The van der Waals surface area contributed by atoms with Crippen LogP contribution >= 0.6 is 11.3 Å². The molecule has 1 saturated heterocycles. The fourth-order valence-corrected chi connectivity index (χ4v) is 3.72. The highest BCUT2D eigenvalue weighted by molar-refractivity contribution is 7.08. The molecule has 2 aromatic heterocycles. The van der Waals surface area contributed by atoms with E-state index in [1.807, 2.05) is 21.7 Å². The molecule has 130 valence electrons. The van der Waals surface area contributed by atoms with E-state index >= 15 is 0 Å². The minimum absolute atomic E-state index is 0.0316. The van der Waals surface area contributed by atoms with Gasteiger partial charge in [-0.15, -0.1) is 0 Å². The quantitative estimate of drug-likeness (QED) is 0.913. The summed E-state index contributed by atoms with van der Waals surface area (Å²) in [5.41, 5.74) is 1.19. The molecule has 2 aromatic rings. The standard InChI is InChI=1S/C18H20N4O2S/c23-17(13-6-10-25-11-13)20-14-4-8-22(9-5-14)18(24)15-3-7-19-16(21-15)12-1-2-12/h3,6-7,10-12,14H,1-2,4-5,8-9H2,(H,20,23). The van der Waals surface area contributed by atoms with E-state index in [9.17, 15) is 9.59 Å². The summed E-state index contributed by atoms with van der Waals surface area (Å²) in [5, 5.41) is 6.80. The van der Waals surface area contributed by atoms with Gasteiger partial charge in [-0.2, -0.15) is 11.3 Å². The molecule has 4 rings (SSSR count). The third kappa shape index (κ3) is 3.71. The second kappa shape index (κ2) is 6.92. The normalized spacial score (nSPS) is 18.2. The van der Waals surface area contributed by atoms with E-state index in [2.05, 4.69) is 15.3 Å². The Morgan fingerprint density at radius 3 is 2.64 bits per heavy atom. The van der Waals surface area contributed by atoms with Crippen molar-refractivity contribution in [1.82, 2.24) is 20.2 Å². The molecule has 1 aliphatic heterocycles. The maximum absolute atomic E-state index is 12.7. The summed E-state index contributed by atoms with van der Waals surface area (Å²) < 4.78 is 0. The number of hydrogen-bond donors (Lipinski definition) is 1. The average molecular weight is 356 g/mol. The van der Waals surface area contributed by atoms with Gasteiger partial charge in [-0.05, 0) is 43.2 Å². The van der Waals surface area contributed by atoms with Crippen LogP contribution in [-0.2, 0) is 0 Å². The predicted octanol–water partition coefficient (Wildman–Crippen LogP) is 2.45. The zero-order valence-electron chi connectivity index (χ0n) is 13.9. The van der Waals surface area contributed by atoms with E-state index in [-0.39, 0.29) is 17.9 Å². The molecule has 1 aliphatic carbocycles. The van der Waals surface area contributed by atoms with Gasteiger partial charge in [0.2, 0.25) is 0 Å². The van der Waals surface area contributed by atoms with Gasteiger partial charge in [0.25, 0.3) is 11.8 Å². The van der Waals surface area contributed by atoms with Crippen LogP contribution in [-0.4, -0.2) is 45.8 Å². The molecule has 7 heteroatoms. The molecular formula is C18H20N4O2S. The lowest BCUT2D eigenvalue weighted by Gasteiger charge is -2.32. The number of rotatable bonds is 4. The van der Waals surface area contributed by atoms with Crippen LogP contribution < -0.4 is 5.32 Å². The van der Waals surface area contributed by atoms with Gasteiger partial charge in [-0.25, -0.2) is 9.97 Å². The van der Waals surface area contributed by atoms with Gasteiger partial charge < -0.3 is 10.2 Å². The molecule has 1 N–H and O–H groups in total. The molecule has 1 saturated carbocycles. The Morgan fingerprint density at radius 1 is 1.16 bits per heavy atom. The Balaban J connectivity index is 1.33. The molecule has 2 fully saturated rings. The molecule has 0 aromatic carbocycles. The number of thiophene rings is 1. The van der Waals surface area contributed by atoms with Crippen LogP contribution in [0.1, 0.15) is 58.3 Å². The number of hydrogen-bond acceptors (Lipinski definition) is 5. The summed E-state index contributed by atoms with van der Waals surface area (Å²) in [6.45, 7) is 1.27. The number of nitrogens with one attached hydrogen (secondary N) is 1. The third-order valence-corrected chi connectivity index (χ3v) is 5.42. The van der Waals surface area contributed by atoms with Crippen molar-refractivity contribution in [1.29, 1.82) is 0 Å². The monoisotopic (exact) mass is 356 g/mol. The van der Waals surface area contributed by atoms with Crippen molar-refractivity contribution in [2.24, 2.45) is 0 Å². The summed E-state index contributed by atoms with van der Waals surface area (Å²) in [6, 6.07) is 3.63. The lowest BCUT2D eigenvalue weighted by Crippen LogP contribution is -2.46. The van der Waals surface area contributed by atoms with Gasteiger partial charge >= 0.3 is 0 Å². The first-order valence-corrected chi connectivity index (χ1v) is 9.60. The van der Waals surface area contributed by atoms with E-state index in [0.717, 1.165) is 31.5 Å². The highest BCUT2D eigenvalue weighted by atomic mass is 32.1. The lowest BCUT2D eigenvalue weighted by molar-refractivity contribution is 0.0692. The highest BCUT2D eigenvalue weighted by Gasteiger charge is 2.29. The molecule has 2 aliphatic rings. The fourth-order valence-electron chi connectivity index (χ4n) is 3.08. The molecule has 0 bridgehead atoms. The van der Waals surface area contributed by atoms with Crippen molar-refractivity contribution in [3.8, 4) is 0 Å². The number of carbonyl (C=O) groups excluding carboxylic acids is 2. The minimum atomic E-state index is -0.0353. The second-order valence-electron chi connectivity index (χ2n) is 6.63. The lowest BCUT2D eigenvalue weighted by atomic mass is 10.0. The predicted molar refractivity (Wildman–Crippen MR) is 94.7 cm³/mol. The van der Waals surface area contributed by atoms with Crippen molar-refractivity contribution < 1.29 is 9.59 Å². The zero-order valence-corrected chi connectivity index (χ0v) is 14.7. The highest BCUT2D eigenvalue weighted by Crippen LogP contribution is 2.37. The molecule has 6 nitrogen and oxygen atoms in total. The molecule has 3 heterocycles. The minimum Gasteiger partial charge on any atom is -0.349 e. The van der Waals surface area contributed by atoms with Crippen LogP contribution in [0.15, 0.2) is 29.1 Å². The van der Waals surface area contributed by atoms with Gasteiger partial charge in [0.05, 0.1) is 0 Å². The number of aromatic nitrogens is 2. The maximum Gasteiger partial charge on any atom is 0.272 e. The first-order valence-electron chi connectivity index (χ1n) is 8.66. The van der Waals surface area contributed by atoms with Crippen LogP contribution in [0.4, 0.5) is 0 Å². The largest absolute Gasteiger partial charge is 0.349 e. The Bertz CT molecular complexity index is 765. The molecular weight excluding hydrogens is 336 g/mol. The molecule has 0 atom stereocenters. The molecule has 0 spiro atoms. The first-order chi connectivity index (χ1) is 12.2. The van der Waals surface area contributed by atoms with Gasteiger partial charge in [0.15, 0.2) is 0 Å². The number of amides is 2. The van der Waals surface area contributed by atoms with Crippen molar-refractivity contribution >= 4 is 23.2 Å². The summed E-state index contributed by atoms with van der Waals surface area (Å²) >= 11 is 1.51. The average Bonchev–Trinajstić information content (AvgIpc) is 3.36. The fraction of sp³-hybridized carbons (Fsp3) is 0.444. The van der Waals surface area contributed by atoms with Crippen molar-refractivity contribution in [3.63, 3.8) is 0 Å². The third-order valence-electron chi connectivity index (χ3n) is 4.74. The van der Waals surface area contributed by atoms with Crippen LogP contribution in [0, 0.1) is 0 Å². The summed E-state index contributed by atoms with van der Waals surface area (Å²) in [7, 11) is 0. The topological polar surface area (TPSA) is 75.2 Å². The number of carbonyl (C=O) groups is 2. The van der Waals surface area contributed by atoms with E-state index < -0.39 is 0 Å². The van der Waals surface area contributed by atoms with E-state index in [1.165, 1.54) is 11.3 Å². The Morgan fingerprint density at radius 2 is 1.96 bits per heavy atom. The molecule has 25 heavy (non-hydrogen) atoms. The number of nitrogens with zero attached hydrogens (tertiary/aromatic N) is 3. The van der Waals surface area contributed by atoms with Gasteiger partial charge in [-0.1, -0.05) is 0 Å². The van der Waals surface area contributed by atoms with Gasteiger partial charge in [-0.3, -0.25) is 9.59 Å². The van der Waals surface area contributed by atoms with E-state index in [1.54, 1.807) is 12.3 Å². The van der Waals surface area contributed by atoms with E-state index in [0.29, 0.717) is 30.3 Å². The molecule has 2 amide bonds. The number of likely N-dealkylation sites (tertiary alicyclic amines) is 1. The van der Waals surface area contributed by atoms with Crippen LogP contribution in [0.2, 0.25) is 0 Å². The molecule has 0 radical (unpaired) electrons. The van der Waals surface area contributed by atoms with Crippen molar-refractivity contribution in [2.45, 2.75) is 37.6 Å². The van der Waals surface area contributed by atoms with Gasteiger partial charge in [0, 0.05) is 42.2 Å². The van der Waals surface area contributed by atoms with Crippen molar-refractivity contribution in [3.05, 3.63) is 46.2 Å². The van der Waals surface area contributed by atoms with Crippen molar-refractivity contribution in [2.75, 3.05) is 13.1 Å². The van der Waals surface area contributed by atoms with Crippen LogP contribution in [0.5, 0.6) is 0 Å². The summed E-state index contributed by atoms with van der Waals surface area (Å²) in [4.78, 5) is 35.3. The van der Waals surface area contributed by atoms with Crippen LogP contribution in [0.25, 0.3) is 0 Å². The zero-order chi connectivity index (χ0) is 17.2. The second-order valence-corrected chi connectivity index (χ2v) is 7.41. The summed E-state index contributed by atoms with van der Waals surface area (Å²) in [5.74, 6) is 1.16. The maximum atomic E-state index is 12.7. The first kappa shape index (κ1) is 16.2. The Hall–Kier alpha value is -2.28. The van der Waals surface area contributed by atoms with Crippen LogP contribution in [0.3, 0.4) is 0 Å². The Kier molecular flexibility index (Phi) is 4.48.